The van der Waals surface area contributed by atoms with Gasteiger partial charge in [0.25, 0.3) is 17.5 Å². The summed E-state index contributed by atoms with van der Waals surface area (Å²) >= 11 is 0. The Labute approximate surface area is 192 Å². The molecular weight excluding hydrogens is 420 g/mol. The third-order valence-corrected chi connectivity index (χ3v) is 6.02. The molecule has 2 aromatic carbocycles. The van der Waals surface area contributed by atoms with E-state index in [9.17, 15) is 19.7 Å². The lowest BCUT2D eigenvalue weighted by Crippen LogP contribution is -2.29. The maximum absolute atomic E-state index is 13.2. The van der Waals surface area contributed by atoms with Crippen molar-refractivity contribution in [2.75, 3.05) is 18.4 Å². The van der Waals surface area contributed by atoms with Crippen molar-refractivity contribution >= 4 is 34.1 Å². The van der Waals surface area contributed by atoms with Gasteiger partial charge in [0.05, 0.1) is 4.92 Å². The lowest BCUT2D eigenvalue weighted by Gasteiger charge is -2.18. The summed E-state index contributed by atoms with van der Waals surface area (Å²) in [6.07, 6.45) is 3.02. The molecule has 4 rings (SSSR count). The predicted molar refractivity (Wildman–Crippen MR) is 128 cm³/mol. The van der Waals surface area contributed by atoms with Crippen LogP contribution in [0.4, 0.5) is 11.4 Å². The topological polar surface area (TPSA) is 97.5 Å². The van der Waals surface area contributed by atoms with E-state index in [4.69, 9.17) is 0 Å². The number of carbonyl (C=O) groups excluding carboxylic acids is 2. The number of carbonyl (C=O) groups is 2. The first-order valence-corrected chi connectivity index (χ1v) is 11.3. The molecule has 0 radical (unpaired) electrons. The highest BCUT2D eigenvalue weighted by atomic mass is 16.6. The maximum atomic E-state index is 13.2. The van der Waals surface area contributed by atoms with E-state index in [0.717, 1.165) is 49.8 Å². The minimum atomic E-state index is -0.526. The van der Waals surface area contributed by atoms with Gasteiger partial charge in [0.2, 0.25) is 0 Å². The van der Waals surface area contributed by atoms with Gasteiger partial charge in [-0.05, 0) is 55.5 Å². The minimum Gasteiger partial charge on any atom is -0.337 e. The van der Waals surface area contributed by atoms with Crippen molar-refractivity contribution in [3.05, 3.63) is 69.9 Å². The average molecular weight is 449 g/mol. The van der Waals surface area contributed by atoms with Crippen molar-refractivity contribution in [1.29, 1.82) is 0 Å². The Bertz CT molecular complexity index is 1210. The second-order valence-corrected chi connectivity index (χ2v) is 8.90. The zero-order valence-corrected chi connectivity index (χ0v) is 18.9. The van der Waals surface area contributed by atoms with Crippen molar-refractivity contribution in [3.8, 4) is 0 Å². The van der Waals surface area contributed by atoms with Crippen LogP contribution in [0, 0.1) is 16.0 Å². The van der Waals surface area contributed by atoms with Crippen molar-refractivity contribution < 1.29 is 14.5 Å². The number of nitrogens with zero attached hydrogens (tertiary/aromatic N) is 3. The number of fused-ring (bicyclic) bond motifs is 1. The van der Waals surface area contributed by atoms with E-state index in [1.807, 2.05) is 23.1 Å². The standard InChI is InChI=1S/C25H28N4O4/c1-17(2)10-13-28-22-9-8-20(26-24(30)18-6-5-7-21(15-18)29(32)33)14-19(22)16-23(28)25(31)27-11-3-4-12-27/h5-9,14-17H,3-4,10-13H2,1-2H3,(H,26,30). The highest BCUT2D eigenvalue weighted by Gasteiger charge is 2.24. The van der Waals surface area contributed by atoms with Gasteiger partial charge in [0, 0.05) is 53.9 Å². The Hall–Kier alpha value is -3.68. The monoisotopic (exact) mass is 448 g/mol. The number of aromatic nitrogens is 1. The summed E-state index contributed by atoms with van der Waals surface area (Å²) in [5.74, 6) is 0.131. The molecule has 1 saturated heterocycles. The van der Waals surface area contributed by atoms with E-state index in [1.54, 1.807) is 6.07 Å². The fraction of sp³-hybridized carbons (Fsp3) is 0.360. The Morgan fingerprint density at radius 2 is 1.85 bits per heavy atom. The van der Waals surface area contributed by atoms with Crippen LogP contribution < -0.4 is 5.32 Å². The summed E-state index contributed by atoms with van der Waals surface area (Å²) in [7, 11) is 0. The zero-order valence-electron chi connectivity index (χ0n) is 18.9. The molecule has 2 amide bonds. The largest absolute Gasteiger partial charge is 0.337 e. The number of non-ortho nitro benzene ring substituents is 1. The molecule has 1 aromatic heterocycles. The third-order valence-electron chi connectivity index (χ3n) is 6.02. The minimum absolute atomic E-state index is 0.0506. The van der Waals surface area contributed by atoms with Crippen LogP contribution >= 0.6 is 0 Å². The molecule has 3 aromatic rings. The number of aryl methyl sites for hydroxylation is 1. The fourth-order valence-electron chi connectivity index (χ4n) is 4.20. The molecule has 8 nitrogen and oxygen atoms in total. The smallest absolute Gasteiger partial charge is 0.270 e. The van der Waals surface area contributed by atoms with Gasteiger partial charge in [0.15, 0.2) is 0 Å². The quantitative estimate of drug-likeness (QED) is 0.402. The van der Waals surface area contributed by atoms with Crippen LogP contribution in [0.2, 0.25) is 0 Å². The number of hydrogen-bond donors (Lipinski definition) is 1. The van der Waals surface area contributed by atoms with E-state index in [-0.39, 0.29) is 17.2 Å². The van der Waals surface area contributed by atoms with Crippen LogP contribution in [0.3, 0.4) is 0 Å². The van der Waals surface area contributed by atoms with Gasteiger partial charge in [-0.25, -0.2) is 0 Å². The van der Waals surface area contributed by atoms with E-state index >= 15 is 0 Å². The van der Waals surface area contributed by atoms with Gasteiger partial charge in [-0.15, -0.1) is 0 Å². The molecule has 2 heterocycles. The van der Waals surface area contributed by atoms with Gasteiger partial charge in [-0.2, -0.15) is 0 Å². The number of benzene rings is 2. The first kappa shape index (κ1) is 22.5. The molecule has 0 spiro atoms. The molecule has 1 aliphatic heterocycles. The summed E-state index contributed by atoms with van der Waals surface area (Å²) in [6.45, 7) is 6.64. The molecule has 0 unspecified atom stereocenters. The number of nitro benzene ring substituents is 1. The van der Waals surface area contributed by atoms with Gasteiger partial charge >= 0.3 is 0 Å². The molecule has 172 valence electrons. The van der Waals surface area contributed by atoms with Crippen molar-refractivity contribution in [1.82, 2.24) is 9.47 Å². The number of amides is 2. The molecule has 1 fully saturated rings. The second kappa shape index (κ2) is 9.44. The van der Waals surface area contributed by atoms with E-state index in [2.05, 4.69) is 23.7 Å². The lowest BCUT2D eigenvalue weighted by molar-refractivity contribution is -0.384. The summed E-state index contributed by atoms with van der Waals surface area (Å²) in [4.78, 5) is 38.2. The van der Waals surface area contributed by atoms with Gasteiger partial charge in [0.1, 0.15) is 5.69 Å². The number of likely N-dealkylation sites (tertiary alicyclic amines) is 1. The van der Waals surface area contributed by atoms with E-state index in [1.165, 1.54) is 24.3 Å². The Morgan fingerprint density at radius 1 is 1.09 bits per heavy atom. The molecule has 0 aliphatic carbocycles. The fourth-order valence-corrected chi connectivity index (χ4v) is 4.20. The van der Waals surface area contributed by atoms with Crippen LogP contribution in [0.1, 0.15) is 54.0 Å². The van der Waals surface area contributed by atoms with Gasteiger partial charge in [-0.3, -0.25) is 19.7 Å². The predicted octanol–water partition coefficient (Wildman–Crippen LogP) is 5.08. The van der Waals surface area contributed by atoms with Gasteiger partial charge < -0.3 is 14.8 Å². The van der Waals surface area contributed by atoms with E-state index < -0.39 is 10.8 Å². The number of nitrogens with one attached hydrogen (secondary N) is 1. The highest BCUT2D eigenvalue weighted by molar-refractivity contribution is 6.06. The molecule has 33 heavy (non-hydrogen) atoms. The SMILES string of the molecule is CC(C)CCn1c(C(=O)N2CCCC2)cc2cc(NC(=O)c3cccc([N+](=O)[O-])c3)ccc21. The summed E-state index contributed by atoms with van der Waals surface area (Å²) < 4.78 is 2.09. The maximum Gasteiger partial charge on any atom is 0.270 e. The number of anilines is 1. The van der Waals surface area contributed by atoms with Crippen LogP contribution in [0.25, 0.3) is 10.9 Å². The second-order valence-electron chi connectivity index (χ2n) is 8.90. The van der Waals surface area contributed by atoms with E-state index in [0.29, 0.717) is 17.3 Å². The third kappa shape index (κ3) is 4.89. The summed E-state index contributed by atoms with van der Waals surface area (Å²) in [5, 5.41) is 14.7. The Kier molecular flexibility index (Phi) is 6.44. The molecule has 0 atom stereocenters. The molecule has 1 N–H and O–H groups in total. The molecular formula is C25H28N4O4. The Balaban J connectivity index is 1.63. The van der Waals surface area contributed by atoms with Crippen molar-refractivity contribution in [2.24, 2.45) is 5.92 Å². The van der Waals surface area contributed by atoms with Crippen LogP contribution in [-0.4, -0.2) is 39.3 Å². The summed E-state index contributed by atoms with van der Waals surface area (Å²) in [6, 6.07) is 13.1. The first-order valence-electron chi connectivity index (χ1n) is 11.3. The molecule has 0 saturated carbocycles. The Morgan fingerprint density at radius 3 is 2.55 bits per heavy atom. The average Bonchev–Trinajstić information content (AvgIpc) is 3.45. The van der Waals surface area contributed by atoms with Crippen molar-refractivity contribution in [3.63, 3.8) is 0 Å². The molecule has 1 aliphatic rings. The molecule has 0 bridgehead atoms. The summed E-state index contributed by atoms with van der Waals surface area (Å²) in [5.41, 5.74) is 2.27. The zero-order chi connectivity index (χ0) is 23.5. The highest BCUT2D eigenvalue weighted by Crippen LogP contribution is 2.27. The lowest BCUT2D eigenvalue weighted by atomic mass is 10.1. The number of rotatable bonds is 7. The van der Waals surface area contributed by atoms with Crippen molar-refractivity contribution in [2.45, 2.75) is 39.7 Å². The van der Waals surface area contributed by atoms with Gasteiger partial charge in [-0.1, -0.05) is 19.9 Å². The number of hydrogen-bond acceptors (Lipinski definition) is 4. The van der Waals surface area contributed by atoms with Crippen LogP contribution in [0.15, 0.2) is 48.5 Å². The first-order chi connectivity index (χ1) is 15.8. The van der Waals surface area contributed by atoms with Crippen LogP contribution in [-0.2, 0) is 6.54 Å². The van der Waals surface area contributed by atoms with Crippen LogP contribution in [0.5, 0.6) is 0 Å². The molecule has 8 heteroatoms. The number of nitro groups is 1. The normalized spacial score (nSPS) is 13.6.